The first-order valence-electron chi connectivity index (χ1n) is 4.84. The molecule has 0 spiro atoms. The van der Waals surface area contributed by atoms with Crippen LogP contribution in [0, 0.1) is 11.3 Å². The first kappa shape index (κ1) is 9.54. The number of nitriles is 1. The van der Waals surface area contributed by atoms with Gasteiger partial charge in [-0.25, -0.2) is 0 Å². The molecule has 0 saturated carbocycles. The average molecular weight is 196 g/mol. The Kier molecular flexibility index (Phi) is 2.31. The Morgan fingerprint density at radius 1 is 1.47 bits per heavy atom. The highest BCUT2D eigenvalue weighted by Gasteiger charge is 2.01. The number of benzene rings is 1. The van der Waals surface area contributed by atoms with Crippen molar-refractivity contribution in [1.29, 1.82) is 5.26 Å². The van der Waals surface area contributed by atoms with Crippen LogP contribution >= 0.6 is 0 Å². The Morgan fingerprint density at radius 2 is 2.27 bits per heavy atom. The summed E-state index contributed by atoms with van der Waals surface area (Å²) in [6, 6.07) is 9.90. The van der Waals surface area contributed by atoms with Gasteiger partial charge < -0.3 is 4.57 Å². The third-order valence-corrected chi connectivity index (χ3v) is 2.34. The average Bonchev–Trinajstić information content (AvgIpc) is 2.60. The van der Waals surface area contributed by atoms with Crippen molar-refractivity contribution >= 4 is 10.9 Å². The maximum Gasteiger partial charge on any atom is 0.0991 e. The Morgan fingerprint density at radius 3 is 2.93 bits per heavy atom. The SMILES string of the molecule is C=C(C)Cn1ccc2cc(C#N)ccc21. The third kappa shape index (κ3) is 1.77. The minimum absolute atomic E-state index is 0.704. The second-order valence-corrected chi connectivity index (χ2v) is 3.79. The summed E-state index contributed by atoms with van der Waals surface area (Å²) in [5.74, 6) is 0. The molecule has 2 nitrogen and oxygen atoms in total. The molecule has 0 aliphatic rings. The molecule has 2 heteroatoms. The van der Waals surface area contributed by atoms with E-state index in [0.717, 1.165) is 23.0 Å². The maximum atomic E-state index is 8.78. The van der Waals surface area contributed by atoms with Crippen LogP contribution in [-0.2, 0) is 6.54 Å². The summed E-state index contributed by atoms with van der Waals surface area (Å²) < 4.78 is 2.14. The molecule has 1 aromatic carbocycles. The standard InChI is InChI=1S/C13H12N2/c1-10(2)9-15-6-5-12-7-11(8-14)3-4-13(12)15/h3-7H,1,9H2,2H3. The molecule has 74 valence electrons. The first-order valence-corrected chi connectivity index (χ1v) is 4.84. The van der Waals surface area contributed by atoms with Gasteiger partial charge in [0.15, 0.2) is 0 Å². The van der Waals surface area contributed by atoms with Gasteiger partial charge >= 0.3 is 0 Å². The lowest BCUT2D eigenvalue weighted by Crippen LogP contribution is -1.95. The first-order chi connectivity index (χ1) is 7.20. The minimum atomic E-state index is 0.704. The van der Waals surface area contributed by atoms with Crippen LogP contribution in [0.25, 0.3) is 10.9 Å². The van der Waals surface area contributed by atoms with Crippen molar-refractivity contribution in [2.45, 2.75) is 13.5 Å². The molecule has 15 heavy (non-hydrogen) atoms. The van der Waals surface area contributed by atoms with Crippen LogP contribution in [0.3, 0.4) is 0 Å². The van der Waals surface area contributed by atoms with Gasteiger partial charge in [0, 0.05) is 23.6 Å². The molecule has 0 bridgehead atoms. The van der Waals surface area contributed by atoms with Crippen LogP contribution in [-0.4, -0.2) is 4.57 Å². The molecule has 1 aromatic heterocycles. The fourth-order valence-corrected chi connectivity index (χ4v) is 1.70. The van der Waals surface area contributed by atoms with Crippen molar-refractivity contribution in [3.63, 3.8) is 0 Å². The zero-order valence-electron chi connectivity index (χ0n) is 8.70. The summed E-state index contributed by atoms with van der Waals surface area (Å²) in [4.78, 5) is 0. The summed E-state index contributed by atoms with van der Waals surface area (Å²) in [6.07, 6.45) is 2.03. The van der Waals surface area contributed by atoms with E-state index in [9.17, 15) is 0 Å². The van der Waals surface area contributed by atoms with Crippen molar-refractivity contribution in [3.05, 3.63) is 48.2 Å². The Labute approximate surface area is 89.1 Å². The van der Waals surface area contributed by atoms with Crippen molar-refractivity contribution < 1.29 is 0 Å². The molecule has 1 heterocycles. The molecule has 0 fully saturated rings. The van der Waals surface area contributed by atoms with Crippen LogP contribution in [0.5, 0.6) is 0 Å². The zero-order valence-corrected chi connectivity index (χ0v) is 8.70. The van der Waals surface area contributed by atoms with Crippen LogP contribution < -0.4 is 0 Å². The van der Waals surface area contributed by atoms with Gasteiger partial charge in [0.2, 0.25) is 0 Å². The summed E-state index contributed by atoms with van der Waals surface area (Å²) in [5, 5.41) is 9.89. The zero-order chi connectivity index (χ0) is 10.8. The normalized spacial score (nSPS) is 10.1. The number of fused-ring (bicyclic) bond motifs is 1. The van der Waals surface area contributed by atoms with Gasteiger partial charge in [0.05, 0.1) is 11.6 Å². The maximum absolute atomic E-state index is 8.78. The smallest absolute Gasteiger partial charge is 0.0991 e. The van der Waals surface area contributed by atoms with E-state index in [4.69, 9.17) is 5.26 Å². The molecule has 0 amide bonds. The van der Waals surface area contributed by atoms with Crippen LogP contribution in [0.2, 0.25) is 0 Å². The lowest BCUT2D eigenvalue weighted by molar-refractivity contribution is 0.822. The van der Waals surface area contributed by atoms with Crippen molar-refractivity contribution in [2.24, 2.45) is 0 Å². The molecule has 0 atom stereocenters. The highest BCUT2D eigenvalue weighted by Crippen LogP contribution is 2.18. The minimum Gasteiger partial charge on any atom is -0.343 e. The highest BCUT2D eigenvalue weighted by molar-refractivity contribution is 5.81. The molecule has 2 aromatic rings. The lowest BCUT2D eigenvalue weighted by Gasteiger charge is -2.04. The Bertz CT molecular complexity index is 555. The van der Waals surface area contributed by atoms with E-state index in [-0.39, 0.29) is 0 Å². The molecule has 0 unspecified atom stereocenters. The Hall–Kier alpha value is -2.01. The second kappa shape index (κ2) is 3.62. The van der Waals surface area contributed by atoms with Gasteiger partial charge in [-0.1, -0.05) is 12.2 Å². The second-order valence-electron chi connectivity index (χ2n) is 3.79. The van der Waals surface area contributed by atoms with Crippen molar-refractivity contribution in [1.82, 2.24) is 4.57 Å². The van der Waals surface area contributed by atoms with Crippen molar-refractivity contribution in [2.75, 3.05) is 0 Å². The lowest BCUT2D eigenvalue weighted by atomic mass is 10.2. The van der Waals surface area contributed by atoms with E-state index in [2.05, 4.69) is 17.2 Å². The number of hydrogen-bond acceptors (Lipinski definition) is 1. The monoisotopic (exact) mass is 196 g/mol. The molecule has 0 radical (unpaired) electrons. The van der Waals surface area contributed by atoms with E-state index >= 15 is 0 Å². The van der Waals surface area contributed by atoms with Crippen molar-refractivity contribution in [3.8, 4) is 6.07 Å². The summed E-state index contributed by atoms with van der Waals surface area (Å²) in [5.41, 5.74) is 2.98. The van der Waals surface area contributed by atoms with Gasteiger partial charge in [0.1, 0.15) is 0 Å². The predicted octanol–water partition coefficient (Wildman–Crippen LogP) is 3.09. The van der Waals surface area contributed by atoms with Gasteiger partial charge in [-0.2, -0.15) is 5.26 Å². The fraction of sp³-hybridized carbons (Fsp3) is 0.154. The molecule has 0 saturated heterocycles. The van der Waals surface area contributed by atoms with E-state index in [0.29, 0.717) is 5.56 Å². The van der Waals surface area contributed by atoms with Crippen LogP contribution in [0.4, 0.5) is 0 Å². The fourth-order valence-electron chi connectivity index (χ4n) is 1.70. The molecular weight excluding hydrogens is 184 g/mol. The molecule has 0 aliphatic carbocycles. The number of allylic oxidation sites excluding steroid dienone is 1. The van der Waals surface area contributed by atoms with Gasteiger partial charge in [-0.15, -0.1) is 0 Å². The van der Waals surface area contributed by atoms with Gasteiger partial charge in [-0.3, -0.25) is 0 Å². The number of aromatic nitrogens is 1. The predicted molar refractivity (Wildman–Crippen MR) is 61.5 cm³/mol. The van der Waals surface area contributed by atoms with E-state index in [1.807, 2.05) is 37.4 Å². The number of rotatable bonds is 2. The van der Waals surface area contributed by atoms with Gasteiger partial charge in [-0.05, 0) is 31.2 Å². The molecule has 0 N–H and O–H groups in total. The summed E-state index contributed by atoms with van der Waals surface area (Å²) in [6.45, 7) is 6.74. The number of nitrogens with zero attached hydrogens (tertiary/aromatic N) is 2. The van der Waals surface area contributed by atoms with E-state index < -0.39 is 0 Å². The van der Waals surface area contributed by atoms with E-state index in [1.165, 1.54) is 0 Å². The van der Waals surface area contributed by atoms with E-state index in [1.54, 1.807) is 0 Å². The summed E-state index contributed by atoms with van der Waals surface area (Å²) in [7, 11) is 0. The molecular formula is C13H12N2. The Balaban J connectivity index is 2.53. The topological polar surface area (TPSA) is 28.7 Å². The third-order valence-electron chi connectivity index (χ3n) is 2.34. The summed E-state index contributed by atoms with van der Waals surface area (Å²) >= 11 is 0. The number of hydrogen-bond donors (Lipinski definition) is 0. The largest absolute Gasteiger partial charge is 0.343 e. The van der Waals surface area contributed by atoms with Crippen LogP contribution in [0.15, 0.2) is 42.6 Å². The quantitative estimate of drug-likeness (QED) is 0.678. The molecule has 2 rings (SSSR count). The van der Waals surface area contributed by atoms with Gasteiger partial charge in [0.25, 0.3) is 0 Å². The molecule has 0 aliphatic heterocycles. The van der Waals surface area contributed by atoms with Crippen LogP contribution in [0.1, 0.15) is 12.5 Å². The highest BCUT2D eigenvalue weighted by atomic mass is 14.9.